The van der Waals surface area contributed by atoms with Crippen molar-refractivity contribution in [2.75, 3.05) is 19.8 Å². The van der Waals surface area contributed by atoms with Crippen molar-refractivity contribution < 1.29 is 9.47 Å². The van der Waals surface area contributed by atoms with Crippen LogP contribution in [-0.2, 0) is 4.74 Å². The van der Waals surface area contributed by atoms with Gasteiger partial charge in [0.1, 0.15) is 5.75 Å². The SMILES string of the molecule is C=C/C(=C\C=C/CC(C)C#N)c1ccc(C)c(-n2cc(-c3cnccc3OCC3COC3)cn2)c1. The number of rotatable bonds is 10. The fourth-order valence-electron chi connectivity index (χ4n) is 3.73. The van der Waals surface area contributed by atoms with Gasteiger partial charge >= 0.3 is 0 Å². The molecular formula is C29H30N4O2. The number of pyridine rings is 1. The summed E-state index contributed by atoms with van der Waals surface area (Å²) in [6.07, 6.45) is 16.0. The molecule has 178 valence electrons. The van der Waals surface area contributed by atoms with Gasteiger partial charge in [0.25, 0.3) is 0 Å². The summed E-state index contributed by atoms with van der Waals surface area (Å²) in [7, 11) is 0. The zero-order valence-electron chi connectivity index (χ0n) is 20.2. The fourth-order valence-corrected chi connectivity index (χ4v) is 3.73. The van der Waals surface area contributed by atoms with E-state index in [9.17, 15) is 0 Å². The number of hydrogen-bond donors (Lipinski definition) is 0. The summed E-state index contributed by atoms with van der Waals surface area (Å²) in [4.78, 5) is 4.30. The standard InChI is InChI=1S/C29H30N4O2/c1-4-24(8-6-5-7-21(2)14-30)25-10-9-22(3)28(13-25)33-17-26(15-32-33)27-16-31-12-11-29(27)35-20-23-18-34-19-23/h4-6,8-13,15-17,21,23H,1,7,18-20H2,2-3H3/b6-5-,24-8+. The van der Waals surface area contributed by atoms with Gasteiger partial charge in [0, 0.05) is 41.6 Å². The lowest BCUT2D eigenvalue weighted by atomic mass is 10.0. The molecule has 1 saturated heterocycles. The normalized spacial score (nSPS) is 14.9. The first-order valence-corrected chi connectivity index (χ1v) is 11.8. The largest absolute Gasteiger partial charge is 0.492 e. The van der Waals surface area contributed by atoms with Gasteiger partial charge in [-0.2, -0.15) is 10.4 Å². The number of benzene rings is 1. The van der Waals surface area contributed by atoms with E-state index in [2.05, 4.69) is 47.9 Å². The highest BCUT2D eigenvalue weighted by atomic mass is 16.5. The Kier molecular flexibility index (Phi) is 7.92. The molecule has 1 aromatic carbocycles. The average Bonchev–Trinajstić information content (AvgIpc) is 3.33. The molecule has 0 radical (unpaired) electrons. The smallest absolute Gasteiger partial charge is 0.130 e. The average molecular weight is 467 g/mol. The van der Waals surface area contributed by atoms with Crippen LogP contribution in [0.15, 0.2) is 79.9 Å². The van der Waals surface area contributed by atoms with Crippen LogP contribution in [0.4, 0.5) is 0 Å². The van der Waals surface area contributed by atoms with E-state index >= 15 is 0 Å². The minimum absolute atomic E-state index is 0.00442. The maximum atomic E-state index is 8.94. The van der Waals surface area contributed by atoms with Gasteiger partial charge in [-0.3, -0.25) is 4.98 Å². The molecule has 1 atom stereocenters. The van der Waals surface area contributed by atoms with Gasteiger partial charge in [-0.15, -0.1) is 0 Å². The molecule has 0 amide bonds. The monoisotopic (exact) mass is 466 g/mol. The van der Waals surface area contributed by atoms with Crippen LogP contribution in [0.25, 0.3) is 22.4 Å². The zero-order chi connectivity index (χ0) is 24.6. The third-order valence-corrected chi connectivity index (χ3v) is 5.99. The molecule has 0 N–H and O–H groups in total. The first-order valence-electron chi connectivity index (χ1n) is 11.8. The van der Waals surface area contributed by atoms with Gasteiger partial charge in [-0.1, -0.05) is 43.0 Å². The molecule has 4 rings (SSSR count). The van der Waals surface area contributed by atoms with Crippen LogP contribution in [0.1, 0.15) is 24.5 Å². The van der Waals surface area contributed by atoms with E-state index in [1.807, 2.05) is 60.6 Å². The molecule has 6 nitrogen and oxygen atoms in total. The number of allylic oxidation sites excluding steroid dienone is 5. The Balaban J connectivity index is 1.57. The van der Waals surface area contributed by atoms with Gasteiger partial charge in [-0.05, 0) is 49.1 Å². The van der Waals surface area contributed by atoms with Crippen LogP contribution in [-0.4, -0.2) is 34.6 Å². The molecule has 2 aromatic heterocycles. The zero-order valence-corrected chi connectivity index (χ0v) is 20.2. The molecule has 0 saturated carbocycles. The van der Waals surface area contributed by atoms with Gasteiger partial charge in [-0.25, -0.2) is 4.68 Å². The second-order valence-electron chi connectivity index (χ2n) is 8.78. The Labute approximate surface area is 206 Å². The maximum Gasteiger partial charge on any atom is 0.130 e. The van der Waals surface area contributed by atoms with Crippen molar-refractivity contribution in [3.63, 3.8) is 0 Å². The lowest BCUT2D eigenvalue weighted by molar-refractivity contribution is -0.0507. The van der Waals surface area contributed by atoms with Crippen molar-refractivity contribution in [1.82, 2.24) is 14.8 Å². The first-order chi connectivity index (χ1) is 17.1. The minimum atomic E-state index is 0.00442. The van der Waals surface area contributed by atoms with E-state index in [0.29, 0.717) is 12.5 Å². The number of ether oxygens (including phenoxy) is 2. The van der Waals surface area contributed by atoms with Crippen molar-refractivity contribution in [3.8, 4) is 28.6 Å². The molecule has 0 bridgehead atoms. The molecule has 3 aromatic rings. The molecule has 1 unspecified atom stereocenters. The summed E-state index contributed by atoms with van der Waals surface area (Å²) in [5.41, 5.74) is 6.00. The van der Waals surface area contributed by atoms with Crippen molar-refractivity contribution >= 4 is 5.57 Å². The first kappa shape index (κ1) is 24.2. The van der Waals surface area contributed by atoms with Crippen molar-refractivity contribution in [2.24, 2.45) is 11.8 Å². The van der Waals surface area contributed by atoms with Crippen LogP contribution < -0.4 is 4.74 Å². The van der Waals surface area contributed by atoms with Gasteiger partial charge < -0.3 is 9.47 Å². The summed E-state index contributed by atoms with van der Waals surface area (Å²) in [5.74, 6) is 1.25. The molecule has 0 spiro atoms. The lowest BCUT2D eigenvalue weighted by Gasteiger charge is -2.26. The van der Waals surface area contributed by atoms with E-state index in [1.165, 1.54) is 0 Å². The Bertz CT molecular complexity index is 1280. The molecule has 6 heteroatoms. The highest BCUT2D eigenvalue weighted by Crippen LogP contribution is 2.31. The topological polar surface area (TPSA) is 73.0 Å². The van der Waals surface area contributed by atoms with Crippen LogP contribution in [0.3, 0.4) is 0 Å². The van der Waals surface area contributed by atoms with Crippen molar-refractivity contribution in [1.29, 1.82) is 5.26 Å². The van der Waals surface area contributed by atoms with Crippen molar-refractivity contribution in [2.45, 2.75) is 20.3 Å². The highest BCUT2D eigenvalue weighted by molar-refractivity contribution is 5.76. The number of aromatic nitrogens is 3. The van der Waals surface area contributed by atoms with Gasteiger partial charge in [0.05, 0.1) is 37.8 Å². The number of nitrogens with zero attached hydrogens (tertiary/aromatic N) is 4. The Hall–Kier alpha value is -3.95. The second-order valence-corrected chi connectivity index (χ2v) is 8.78. The Morgan fingerprint density at radius 1 is 1.34 bits per heavy atom. The summed E-state index contributed by atoms with van der Waals surface area (Å²) in [6, 6.07) is 10.4. The molecular weight excluding hydrogens is 436 g/mol. The molecule has 1 fully saturated rings. The minimum Gasteiger partial charge on any atom is -0.492 e. The van der Waals surface area contributed by atoms with Crippen LogP contribution >= 0.6 is 0 Å². The molecule has 35 heavy (non-hydrogen) atoms. The van der Waals surface area contributed by atoms with E-state index in [0.717, 1.165) is 58.9 Å². The summed E-state index contributed by atoms with van der Waals surface area (Å²) in [5, 5.41) is 13.6. The van der Waals surface area contributed by atoms with E-state index in [4.69, 9.17) is 14.7 Å². The van der Waals surface area contributed by atoms with Crippen molar-refractivity contribution in [3.05, 3.63) is 91.1 Å². The Morgan fingerprint density at radius 3 is 2.94 bits per heavy atom. The summed E-state index contributed by atoms with van der Waals surface area (Å²) in [6.45, 7) is 10.1. The van der Waals surface area contributed by atoms with E-state index in [1.54, 1.807) is 6.20 Å². The fraction of sp³-hybridized carbons (Fsp3) is 0.276. The van der Waals surface area contributed by atoms with Gasteiger partial charge in [0.15, 0.2) is 0 Å². The molecule has 0 aliphatic carbocycles. The summed E-state index contributed by atoms with van der Waals surface area (Å²) >= 11 is 0. The molecule has 1 aliphatic heterocycles. The van der Waals surface area contributed by atoms with Crippen LogP contribution in [0.5, 0.6) is 5.75 Å². The lowest BCUT2D eigenvalue weighted by Crippen LogP contribution is -2.32. The molecule has 1 aliphatic rings. The van der Waals surface area contributed by atoms with Crippen LogP contribution in [0, 0.1) is 30.1 Å². The predicted octanol–water partition coefficient (Wildman–Crippen LogP) is 5.94. The third kappa shape index (κ3) is 5.95. The maximum absolute atomic E-state index is 8.94. The highest BCUT2D eigenvalue weighted by Gasteiger charge is 2.20. The molecule has 3 heterocycles. The Morgan fingerprint density at radius 2 is 2.20 bits per heavy atom. The predicted molar refractivity (Wildman–Crippen MR) is 138 cm³/mol. The third-order valence-electron chi connectivity index (χ3n) is 5.99. The number of aryl methyl sites for hydroxylation is 1. The van der Waals surface area contributed by atoms with Gasteiger partial charge in [0.2, 0.25) is 0 Å². The number of nitriles is 1. The second kappa shape index (κ2) is 11.5. The summed E-state index contributed by atoms with van der Waals surface area (Å²) < 4.78 is 13.2. The van der Waals surface area contributed by atoms with Crippen LogP contribution in [0.2, 0.25) is 0 Å². The quantitative estimate of drug-likeness (QED) is 0.346. The number of hydrogen-bond acceptors (Lipinski definition) is 5. The van der Waals surface area contributed by atoms with E-state index < -0.39 is 0 Å². The van der Waals surface area contributed by atoms with E-state index in [-0.39, 0.29) is 5.92 Å².